The summed E-state index contributed by atoms with van der Waals surface area (Å²) in [5.74, 6) is -0.161. The van der Waals surface area contributed by atoms with E-state index >= 15 is 0 Å². The second kappa shape index (κ2) is 8.57. The van der Waals surface area contributed by atoms with Crippen molar-refractivity contribution in [3.63, 3.8) is 0 Å². The highest BCUT2D eigenvalue weighted by atomic mass is 32.2. The number of carbonyl (C=O) groups is 2. The van der Waals surface area contributed by atoms with E-state index in [9.17, 15) is 18.0 Å². The Kier molecular flexibility index (Phi) is 6.27. The van der Waals surface area contributed by atoms with Crippen molar-refractivity contribution < 1.29 is 22.5 Å². The van der Waals surface area contributed by atoms with Gasteiger partial charge in [-0.25, -0.2) is 8.42 Å². The lowest BCUT2D eigenvalue weighted by Crippen LogP contribution is -2.47. The molecule has 1 atom stereocenters. The molecule has 0 saturated carbocycles. The third-order valence-corrected chi connectivity index (χ3v) is 6.41. The molecule has 0 spiro atoms. The molecule has 1 aromatic heterocycles. The van der Waals surface area contributed by atoms with Gasteiger partial charge in [0.2, 0.25) is 21.8 Å². The average molecular weight is 435 g/mol. The van der Waals surface area contributed by atoms with E-state index in [1.165, 1.54) is 13.0 Å². The number of anilines is 2. The molecule has 2 N–H and O–H groups in total. The fraction of sp³-hybridized carbons (Fsp3) is 0.450. The highest BCUT2D eigenvalue weighted by Crippen LogP contribution is 2.29. The first-order valence-electron chi connectivity index (χ1n) is 9.76. The zero-order valence-corrected chi connectivity index (χ0v) is 18.2. The van der Waals surface area contributed by atoms with E-state index in [0.29, 0.717) is 18.7 Å². The molecular formula is C20H26N4O5S. The molecule has 0 unspecified atom stereocenters. The molecule has 1 aliphatic rings. The lowest BCUT2D eigenvalue weighted by Gasteiger charge is -2.29. The van der Waals surface area contributed by atoms with E-state index in [1.807, 2.05) is 0 Å². The maximum Gasteiger partial charge on any atom is 0.244 e. The summed E-state index contributed by atoms with van der Waals surface area (Å²) in [5, 5.41) is 6.28. The van der Waals surface area contributed by atoms with Crippen LogP contribution in [-0.2, 0) is 26.0 Å². The minimum Gasteiger partial charge on any atom is -0.360 e. The van der Waals surface area contributed by atoms with Crippen molar-refractivity contribution >= 4 is 33.3 Å². The van der Waals surface area contributed by atoms with Crippen LogP contribution in [0.3, 0.4) is 0 Å². The van der Waals surface area contributed by atoms with Gasteiger partial charge in [-0.3, -0.25) is 9.59 Å². The summed E-state index contributed by atoms with van der Waals surface area (Å²) in [7, 11) is -3.97. The van der Waals surface area contributed by atoms with Gasteiger partial charge in [-0.1, -0.05) is 19.0 Å². The van der Waals surface area contributed by atoms with Crippen LogP contribution in [-0.4, -0.2) is 38.0 Å². The van der Waals surface area contributed by atoms with Crippen molar-refractivity contribution in [3.05, 3.63) is 35.6 Å². The maximum atomic E-state index is 13.0. The van der Waals surface area contributed by atoms with Crippen molar-refractivity contribution in [2.75, 3.05) is 16.8 Å². The molecule has 0 aliphatic carbocycles. The summed E-state index contributed by atoms with van der Waals surface area (Å²) in [5.41, 5.74) is 1.52. The van der Waals surface area contributed by atoms with Gasteiger partial charge in [0.1, 0.15) is 11.8 Å². The summed E-state index contributed by atoms with van der Waals surface area (Å²) < 4.78 is 33.4. The van der Waals surface area contributed by atoms with Crippen LogP contribution >= 0.6 is 0 Å². The highest BCUT2D eigenvalue weighted by Gasteiger charge is 2.30. The molecule has 2 aromatic rings. The third kappa shape index (κ3) is 4.71. The number of amides is 2. The van der Waals surface area contributed by atoms with Gasteiger partial charge in [0.15, 0.2) is 5.82 Å². The fourth-order valence-corrected chi connectivity index (χ4v) is 4.82. The van der Waals surface area contributed by atoms with Gasteiger partial charge in [-0.05, 0) is 49.4 Å². The number of sulfonamides is 1. The van der Waals surface area contributed by atoms with Crippen LogP contribution in [0.15, 0.2) is 33.7 Å². The molecule has 0 radical (unpaired) electrons. The van der Waals surface area contributed by atoms with Crippen molar-refractivity contribution in [3.8, 4) is 0 Å². The predicted octanol–water partition coefficient (Wildman–Crippen LogP) is 2.22. The van der Waals surface area contributed by atoms with Crippen LogP contribution in [0.1, 0.15) is 38.5 Å². The number of nitrogens with zero attached hydrogens (tertiary/aromatic N) is 2. The van der Waals surface area contributed by atoms with E-state index in [1.54, 1.807) is 43.9 Å². The van der Waals surface area contributed by atoms with Crippen molar-refractivity contribution in [2.24, 2.45) is 5.92 Å². The molecule has 0 fully saturated rings. The number of nitrogens with one attached hydrogen (secondary N) is 2. The molecule has 3 rings (SSSR count). The summed E-state index contributed by atoms with van der Waals surface area (Å²) in [6.45, 7) is 7.29. The monoisotopic (exact) mass is 434 g/mol. The first-order chi connectivity index (χ1) is 14.1. The summed E-state index contributed by atoms with van der Waals surface area (Å²) in [6.07, 6.45) is 1.44. The van der Waals surface area contributed by atoms with Crippen LogP contribution in [0.4, 0.5) is 11.5 Å². The molecule has 1 aromatic carbocycles. The zero-order chi connectivity index (χ0) is 22.1. The first-order valence-corrected chi connectivity index (χ1v) is 11.2. The summed E-state index contributed by atoms with van der Waals surface area (Å²) in [6, 6.07) is 5.22. The highest BCUT2D eigenvalue weighted by molar-refractivity contribution is 7.89. The largest absolute Gasteiger partial charge is 0.360 e. The number of aromatic nitrogens is 1. The lowest BCUT2D eigenvalue weighted by molar-refractivity contribution is -0.118. The average Bonchev–Trinajstić information content (AvgIpc) is 3.09. The zero-order valence-electron chi connectivity index (χ0n) is 17.4. The Morgan fingerprint density at radius 3 is 2.57 bits per heavy atom. The number of fused-ring (bicyclic) bond motifs is 1. The summed E-state index contributed by atoms with van der Waals surface area (Å²) >= 11 is 0. The molecule has 162 valence electrons. The van der Waals surface area contributed by atoms with Gasteiger partial charge >= 0.3 is 0 Å². The molecule has 2 heterocycles. The van der Waals surface area contributed by atoms with Crippen molar-refractivity contribution in [2.45, 2.75) is 51.5 Å². The van der Waals surface area contributed by atoms with E-state index in [2.05, 4.69) is 15.2 Å². The van der Waals surface area contributed by atoms with Crippen molar-refractivity contribution in [1.29, 1.82) is 0 Å². The van der Waals surface area contributed by atoms with E-state index < -0.39 is 22.0 Å². The Morgan fingerprint density at radius 1 is 1.23 bits per heavy atom. The Morgan fingerprint density at radius 2 is 1.97 bits per heavy atom. The van der Waals surface area contributed by atoms with Crippen LogP contribution < -0.4 is 14.9 Å². The minimum atomic E-state index is -3.97. The standard InChI is InChI=1S/C20H26N4O5S/c1-12(2)19(20(26)21-18-10-13(3)29-22-18)23-30(27,28)16-7-8-17-15(11-16)6-5-9-24(17)14(4)25/h7-8,10-12,19,23H,5-6,9H2,1-4H3,(H,21,22,26)/t19-/m0/s1. The second-order valence-corrected chi connectivity index (χ2v) is 9.43. The van der Waals surface area contributed by atoms with Gasteiger partial charge in [0.25, 0.3) is 0 Å². The lowest BCUT2D eigenvalue weighted by atomic mass is 10.0. The quantitative estimate of drug-likeness (QED) is 0.719. The third-order valence-electron chi connectivity index (χ3n) is 4.97. The predicted molar refractivity (Wildman–Crippen MR) is 112 cm³/mol. The van der Waals surface area contributed by atoms with Gasteiger partial charge in [0.05, 0.1) is 4.90 Å². The van der Waals surface area contributed by atoms with Gasteiger partial charge in [0, 0.05) is 25.2 Å². The van der Waals surface area contributed by atoms with Gasteiger partial charge < -0.3 is 14.7 Å². The van der Waals surface area contributed by atoms with Crippen LogP contribution in [0.25, 0.3) is 0 Å². The summed E-state index contributed by atoms with van der Waals surface area (Å²) in [4.78, 5) is 26.2. The van der Waals surface area contributed by atoms with Gasteiger partial charge in [-0.15, -0.1) is 0 Å². The molecule has 30 heavy (non-hydrogen) atoms. The fourth-order valence-electron chi connectivity index (χ4n) is 3.42. The molecule has 2 amide bonds. The molecular weight excluding hydrogens is 408 g/mol. The molecule has 1 aliphatic heterocycles. The van der Waals surface area contributed by atoms with Crippen molar-refractivity contribution in [1.82, 2.24) is 9.88 Å². The Bertz CT molecular complexity index is 1060. The normalized spacial score (nSPS) is 15.0. The Labute approximate surface area is 175 Å². The number of carbonyl (C=O) groups excluding carboxylic acids is 2. The van der Waals surface area contributed by atoms with E-state index in [4.69, 9.17) is 4.52 Å². The number of benzene rings is 1. The molecule has 0 saturated heterocycles. The smallest absolute Gasteiger partial charge is 0.244 e. The molecule has 10 heteroatoms. The Balaban J connectivity index is 1.83. The van der Waals surface area contributed by atoms with Crippen LogP contribution in [0.5, 0.6) is 0 Å². The SMILES string of the molecule is CC(=O)N1CCCc2cc(S(=O)(=O)N[C@H](C(=O)Nc3cc(C)on3)C(C)C)ccc21. The van der Waals surface area contributed by atoms with Gasteiger partial charge in [-0.2, -0.15) is 4.72 Å². The topological polar surface area (TPSA) is 122 Å². The maximum absolute atomic E-state index is 13.0. The van der Waals surface area contributed by atoms with Crippen LogP contribution in [0, 0.1) is 12.8 Å². The van der Waals surface area contributed by atoms with Crippen LogP contribution in [0.2, 0.25) is 0 Å². The number of hydrogen-bond acceptors (Lipinski definition) is 6. The second-order valence-electron chi connectivity index (χ2n) is 7.72. The Hall–Kier alpha value is -2.72. The van der Waals surface area contributed by atoms with E-state index in [-0.39, 0.29) is 22.5 Å². The van der Waals surface area contributed by atoms with E-state index in [0.717, 1.165) is 17.7 Å². The molecule has 0 bridgehead atoms. The number of hydrogen-bond donors (Lipinski definition) is 2. The number of aryl methyl sites for hydroxylation is 2. The first kappa shape index (κ1) is 22.0. The number of rotatable bonds is 6. The minimum absolute atomic E-state index is 0.0578. The molecule has 9 nitrogen and oxygen atoms in total.